The fraction of sp³-hybridized carbons (Fsp3) is 0.412. The summed E-state index contributed by atoms with van der Waals surface area (Å²) in [6.07, 6.45) is 3.42. The number of nitrogens with zero attached hydrogens (tertiary/aromatic N) is 1. The Labute approximate surface area is 128 Å². The van der Waals surface area contributed by atoms with Crippen LogP contribution < -0.4 is 5.32 Å². The lowest BCUT2D eigenvalue weighted by Gasteiger charge is -2.17. The van der Waals surface area contributed by atoms with Crippen LogP contribution in [0.1, 0.15) is 5.56 Å². The molecule has 2 bridgehead atoms. The highest BCUT2D eigenvalue weighted by atomic mass is 16.5. The topological polar surface area (TPSA) is 58.6 Å². The van der Waals surface area contributed by atoms with Crippen LogP contribution in [0.4, 0.5) is 0 Å². The van der Waals surface area contributed by atoms with Gasteiger partial charge in [-0.25, -0.2) is 0 Å². The van der Waals surface area contributed by atoms with Crippen molar-refractivity contribution in [1.82, 2.24) is 10.2 Å². The molecule has 22 heavy (non-hydrogen) atoms. The maximum atomic E-state index is 12.4. The second-order valence-corrected chi connectivity index (χ2v) is 5.99. The minimum absolute atomic E-state index is 0.0756. The molecular weight excluding hydrogens is 280 g/mol. The van der Waals surface area contributed by atoms with Crippen molar-refractivity contribution in [2.24, 2.45) is 11.8 Å². The predicted octanol–water partition coefficient (Wildman–Crippen LogP) is 0.715. The molecule has 5 heteroatoms. The van der Waals surface area contributed by atoms with Gasteiger partial charge in [0.1, 0.15) is 0 Å². The molecule has 4 rings (SSSR count). The van der Waals surface area contributed by atoms with E-state index >= 15 is 0 Å². The van der Waals surface area contributed by atoms with Crippen LogP contribution in [0.25, 0.3) is 0 Å². The van der Waals surface area contributed by atoms with Crippen LogP contribution in [0.2, 0.25) is 0 Å². The van der Waals surface area contributed by atoms with E-state index in [1.807, 2.05) is 42.5 Å². The van der Waals surface area contributed by atoms with Gasteiger partial charge in [0, 0.05) is 19.6 Å². The summed E-state index contributed by atoms with van der Waals surface area (Å²) in [6.45, 7) is 1.77. The van der Waals surface area contributed by atoms with Crippen LogP contribution in [-0.4, -0.2) is 42.0 Å². The van der Waals surface area contributed by atoms with E-state index in [4.69, 9.17) is 4.74 Å². The number of amides is 2. The number of likely N-dealkylation sites (tertiary alicyclic amines) is 1. The highest BCUT2D eigenvalue weighted by Gasteiger charge is 2.60. The minimum Gasteiger partial charge on any atom is -0.365 e. The van der Waals surface area contributed by atoms with E-state index in [0.717, 1.165) is 6.54 Å². The SMILES string of the molecule is O=C1C2C3C=CC(O3)C2C(=O)N1CCNCc1ccccc1. The fourth-order valence-corrected chi connectivity index (χ4v) is 3.61. The maximum absolute atomic E-state index is 12.4. The predicted molar refractivity (Wildman–Crippen MR) is 79.6 cm³/mol. The lowest BCUT2D eigenvalue weighted by molar-refractivity contribution is -0.142. The van der Waals surface area contributed by atoms with Crippen LogP contribution in [0.5, 0.6) is 0 Å². The highest BCUT2D eigenvalue weighted by Crippen LogP contribution is 2.44. The van der Waals surface area contributed by atoms with E-state index in [1.165, 1.54) is 10.5 Å². The Morgan fingerprint density at radius 1 is 1.00 bits per heavy atom. The van der Waals surface area contributed by atoms with E-state index in [1.54, 1.807) is 0 Å². The molecule has 2 saturated heterocycles. The van der Waals surface area contributed by atoms with E-state index in [2.05, 4.69) is 5.32 Å². The van der Waals surface area contributed by atoms with Gasteiger partial charge in [-0.2, -0.15) is 0 Å². The van der Waals surface area contributed by atoms with Crippen LogP contribution in [0, 0.1) is 11.8 Å². The summed E-state index contributed by atoms with van der Waals surface area (Å²) in [5.41, 5.74) is 1.19. The van der Waals surface area contributed by atoms with Crippen molar-refractivity contribution < 1.29 is 14.3 Å². The zero-order valence-corrected chi connectivity index (χ0v) is 12.1. The number of carbonyl (C=O) groups is 2. The Morgan fingerprint density at radius 3 is 2.27 bits per heavy atom. The number of carbonyl (C=O) groups excluding carboxylic acids is 2. The molecule has 1 aromatic rings. The summed E-state index contributed by atoms with van der Waals surface area (Å²) < 4.78 is 5.62. The second-order valence-electron chi connectivity index (χ2n) is 5.99. The second kappa shape index (κ2) is 5.34. The number of benzene rings is 1. The number of fused-ring (bicyclic) bond motifs is 5. The van der Waals surface area contributed by atoms with Gasteiger partial charge < -0.3 is 10.1 Å². The molecule has 3 heterocycles. The molecule has 3 aliphatic rings. The lowest BCUT2D eigenvalue weighted by Crippen LogP contribution is -2.39. The van der Waals surface area contributed by atoms with Crippen molar-refractivity contribution in [2.75, 3.05) is 13.1 Å². The van der Waals surface area contributed by atoms with Crippen molar-refractivity contribution in [3.8, 4) is 0 Å². The standard InChI is InChI=1S/C17H18N2O3/c20-16-14-12-6-7-13(22-12)15(14)17(21)19(16)9-8-18-10-11-4-2-1-3-5-11/h1-7,12-15,18H,8-10H2. The highest BCUT2D eigenvalue weighted by molar-refractivity contribution is 6.06. The van der Waals surface area contributed by atoms with Gasteiger partial charge in [-0.15, -0.1) is 0 Å². The zero-order chi connectivity index (χ0) is 15.1. The quantitative estimate of drug-likeness (QED) is 0.494. The van der Waals surface area contributed by atoms with Gasteiger partial charge in [-0.3, -0.25) is 14.5 Å². The van der Waals surface area contributed by atoms with Gasteiger partial charge >= 0.3 is 0 Å². The first-order valence-corrected chi connectivity index (χ1v) is 7.69. The van der Waals surface area contributed by atoms with Crippen LogP contribution >= 0.6 is 0 Å². The molecule has 4 atom stereocenters. The normalized spacial score (nSPS) is 32.1. The van der Waals surface area contributed by atoms with Crippen molar-refractivity contribution in [2.45, 2.75) is 18.8 Å². The monoisotopic (exact) mass is 298 g/mol. The molecule has 0 saturated carbocycles. The van der Waals surface area contributed by atoms with Gasteiger partial charge in [0.05, 0.1) is 24.0 Å². The van der Waals surface area contributed by atoms with E-state index in [0.29, 0.717) is 13.1 Å². The molecule has 4 unspecified atom stereocenters. The van der Waals surface area contributed by atoms with Crippen LogP contribution in [0.15, 0.2) is 42.5 Å². The average Bonchev–Trinajstić information content (AvgIpc) is 3.21. The third-order valence-electron chi connectivity index (χ3n) is 4.69. The molecule has 1 aromatic carbocycles. The Morgan fingerprint density at radius 2 is 1.64 bits per heavy atom. The molecule has 1 N–H and O–H groups in total. The Kier molecular flexibility index (Phi) is 3.32. The summed E-state index contributed by atoms with van der Waals surface area (Å²) >= 11 is 0. The summed E-state index contributed by atoms with van der Waals surface area (Å²) in [5, 5.41) is 3.28. The Hall–Kier alpha value is -1.98. The molecule has 0 aliphatic carbocycles. The van der Waals surface area contributed by atoms with Gasteiger partial charge in [-0.1, -0.05) is 42.5 Å². The van der Waals surface area contributed by atoms with Crippen molar-refractivity contribution in [1.29, 1.82) is 0 Å². The average molecular weight is 298 g/mol. The first-order chi connectivity index (χ1) is 10.8. The van der Waals surface area contributed by atoms with Crippen LogP contribution in [0.3, 0.4) is 0 Å². The number of hydrogen-bond acceptors (Lipinski definition) is 4. The van der Waals surface area contributed by atoms with E-state index in [-0.39, 0.29) is 35.9 Å². The Balaban J connectivity index is 1.33. The molecule has 2 amide bonds. The third kappa shape index (κ3) is 2.09. The Bertz CT molecular complexity index is 598. The number of rotatable bonds is 5. The number of nitrogens with one attached hydrogen (secondary N) is 1. The zero-order valence-electron chi connectivity index (χ0n) is 12.1. The van der Waals surface area contributed by atoms with Crippen LogP contribution in [-0.2, 0) is 20.9 Å². The summed E-state index contributed by atoms with van der Waals surface area (Å²) in [6, 6.07) is 10.1. The summed E-state index contributed by atoms with van der Waals surface area (Å²) in [7, 11) is 0. The van der Waals surface area contributed by atoms with Crippen molar-refractivity contribution in [3.63, 3.8) is 0 Å². The molecular formula is C17H18N2O3. The van der Waals surface area contributed by atoms with E-state index < -0.39 is 0 Å². The molecule has 5 nitrogen and oxygen atoms in total. The first kappa shape index (κ1) is 13.7. The lowest BCUT2D eigenvalue weighted by atomic mass is 9.85. The molecule has 114 valence electrons. The largest absolute Gasteiger partial charge is 0.365 e. The molecule has 0 radical (unpaired) electrons. The number of imide groups is 1. The van der Waals surface area contributed by atoms with Gasteiger partial charge in [0.2, 0.25) is 11.8 Å². The van der Waals surface area contributed by atoms with Gasteiger partial charge in [0.15, 0.2) is 0 Å². The molecule has 0 spiro atoms. The van der Waals surface area contributed by atoms with E-state index in [9.17, 15) is 9.59 Å². The minimum atomic E-state index is -0.295. The van der Waals surface area contributed by atoms with Crippen molar-refractivity contribution >= 4 is 11.8 Å². The number of hydrogen-bond donors (Lipinski definition) is 1. The van der Waals surface area contributed by atoms with Gasteiger partial charge in [-0.05, 0) is 5.56 Å². The molecule has 0 aromatic heterocycles. The van der Waals surface area contributed by atoms with Crippen molar-refractivity contribution in [3.05, 3.63) is 48.0 Å². The molecule has 3 aliphatic heterocycles. The maximum Gasteiger partial charge on any atom is 0.236 e. The third-order valence-corrected chi connectivity index (χ3v) is 4.69. The smallest absolute Gasteiger partial charge is 0.236 e. The fourth-order valence-electron chi connectivity index (χ4n) is 3.61. The summed E-state index contributed by atoms with van der Waals surface area (Å²) in [4.78, 5) is 26.2. The first-order valence-electron chi connectivity index (χ1n) is 7.69. The molecule has 2 fully saturated rings. The number of ether oxygens (including phenoxy) is 1. The summed E-state index contributed by atoms with van der Waals surface area (Å²) in [5.74, 6) is -0.741. The van der Waals surface area contributed by atoms with Gasteiger partial charge in [0.25, 0.3) is 0 Å².